The minimum atomic E-state index is 0.284. The molecule has 0 saturated carbocycles. The van der Waals surface area contributed by atoms with Gasteiger partial charge < -0.3 is 14.8 Å². The number of anilines is 1. The van der Waals surface area contributed by atoms with Crippen LogP contribution in [0, 0.1) is 6.92 Å². The van der Waals surface area contributed by atoms with Crippen LogP contribution in [-0.4, -0.2) is 11.8 Å². The van der Waals surface area contributed by atoms with E-state index in [0.29, 0.717) is 6.54 Å². The third-order valence-electron chi connectivity index (χ3n) is 3.01. The minimum Gasteiger partial charge on any atom is -0.454 e. The third kappa shape index (κ3) is 2.51. The zero-order valence-electron chi connectivity index (χ0n) is 10.4. The van der Waals surface area contributed by atoms with Crippen LogP contribution in [0.15, 0.2) is 35.1 Å². The molecule has 1 aromatic heterocycles. The molecule has 0 fully saturated rings. The Bertz CT molecular complexity index is 616. The zero-order valence-corrected chi connectivity index (χ0v) is 12.0. The van der Waals surface area contributed by atoms with Gasteiger partial charge in [0.2, 0.25) is 6.79 Å². The number of fused-ring (bicyclic) bond motifs is 1. The molecule has 1 N–H and O–H groups in total. The summed E-state index contributed by atoms with van der Waals surface area (Å²) >= 11 is 3.49. The molecule has 4 nitrogen and oxygen atoms in total. The molecule has 0 saturated heterocycles. The molecule has 1 aromatic carbocycles. The molecular weight excluding hydrogens is 308 g/mol. The van der Waals surface area contributed by atoms with Crippen molar-refractivity contribution < 1.29 is 9.47 Å². The molecule has 0 atom stereocenters. The van der Waals surface area contributed by atoms with Crippen LogP contribution < -0.4 is 14.8 Å². The van der Waals surface area contributed by atoms with Crippen LogP contribution in [0.5, 0.6) is 11.5 Å². The van der Waals surface area contributed by atoms with Crippen molar-refractivity contribution in [3.05, 3.63) is 46.2 Å². The first-order valence-electron chi connectivity index (χ1n) is 5.96. The van der Waals surface area contributed by atoms with Crippen LogP contribution in [0.4, 0.5) is 5.69 Å². The van der Waals surface area contributed by atoms with E-state index >= 15 is 0 Å². The Balaban J connectivity index is 1.78. The highest BCUT2D eigenvalue weighted by Gasteiger charge is 2.17. The van der Waals surface area contributed by atoms with Gasteiger partial charge in [-0.1, -0.05) is 0 Å². The lowest BCUT2D eigenvalue weighted by Gasteiger charge is -2.10. The average Bonchev–Trinajstić information content (AvgIpc) is 2.87. The second-order valence-corrected chi connectivity index (χ2v) is 5.21. The number of nitrogens with one attached hydrogen (secondary N) is 1. The predicted molar refractivity (Wildman–Crippen MR) is 76.6 cm³/mol. The minimum absolute atomic E-state index is 0.284. The van der Waals surface area contributed by atoms with Crippen molar-refractivity contribution in [2.24, 2.45) is 0 Å². The summed E-state index contributed by atoms with van der Waals surface area (Å²) in [4.78, 5) is 4.12. The van der Waals surface area contributed by atoms with E-state index in [9.17, 15) is 0 Å². The summed E-state index contributed by atoms with van der Waals surface area (Å²) in [5.74, 6) is 1.57. The van der Waals surface area contributed by atoms with Gasteiger partial charge >= 0.3 is 0 Å². The van der Waals surface area contributed by atoms with Crippen LogP contribution in [-0.2, 0) is 6.54 Å². The maximum atomic E-state index is 5.40. The van der Waals surface area contributed by atoms with Crippen molar-refractivity contribution in [1.29, 1.82) is 0 Å². The van der Waals surface area contributed by atoms with Crippen LogP contribution in [0.3, 0.4) is 0 Å². The summed E-state index contributed by atoms with van der Waals surface area (Å²) in [6, 6.07) is 6.01. The van der Waals surface area contributed by atoms with Crippen molar-refractivity contribution in [1.82, 2.24) is 4.98 Å². The van der Waals surface area contributed by atoms with Crippen molar-refractivity contribution in [2.45, 2.75) is 13.5 Å². The van der Waals surface area contributed by atoms with Gasteiger partial charge in [0.05, 0.1) is 16.4 Å². The number of hydrogen-bond donors (Lipinski definition) is 1. The first-order chi connectivity index (χ1) is 9.24. The van der Waals surface area contributed by atoms with Crippen LogP contribution in [0.1, 0.15) is 11.1 Å². The lowest BCUT2D eigenvalue weighted by atomic mass is 10.2. The maximum absolute atomic E-state index is 5.40. The molecule has 0 aliphatic carbocycles. The largest absolute Gasteiger partial charge is 0.454 e. The van der Waals surface area contributed by atoms with Gasteiger partial charge in [0.25, 0.3) is 0 Å². The highest BCUT2D eigenvalue weighted by molar-refractivity contribution is 9.10. The third-order valence-corrected chi connectivity index (χ3v) is 3.60. The van der Waals surface area contributed by atoms with E-state index in [2.05, 4.69) is 33.2 Å². The highest BCUT2D eigenvalue weighted by atomic mass is 79.9. The highest BCUT2D eigenvalue weighted by Crippen LogP contribution is 2.40. The van der Waals surface area contributed by atoms with Gasteiger partial charge in [0.15, 0.2) is 11.5 Å². The summed E-state index contributed by atoms with van der Waals surface area (Å²) in [5.41, 5.74) is 3.34. The summed E-state index contributed by atoms with van der Waals surface area (Å²) < 4.78 is 11.7. The molecule has 2 heterocycles. The van der Waals surface area contributed by atoms with Gasteiger partial charge in [-0.25, -0.2) is 0 Å². The lowest BCUT2D eigenvalue weighted by molar-refractivity contribution is 0.173. The molecule has 0 amide bonds. The second kappa shape index (κ2) is 5.09. The molecule has 3 rings (SSSR count). The van der Waals surface area contributed by atoms with Crippen LogP contribution in [0.25, 0.3) is 0 Å². The predicted octanol–water partition coefficient (Wildman–Crippen LogP) is 3.49. The van der Waals surface area contributed by atoms with Gasteiger partial charge in [0.1, 0.15) is 0 Å². The Morgan fingerprint density at radius 2 is 2.26 bits per heavy atom. The number of nitrogens with zero attached hydrogens (tertiary/aromatic N) is 1. The van der Waals surface area contributed by atoms with Crippen LogP contribution >= 0.6 is 15.9 Å². The maximum Gasteiger partial charge on any atom is 0.231 e. The molecular formula is C14H13BrN2O2. The number of hydrogen-bond acceptors (Lipinski definition) is 4. The number of aromatic nitrogens is 1. The monoisotopic (exact) mass is 320 g/mol. The number of aryl methyl sites for hydroxylation is 1. The van der Waals surface area contributed by atoms with Crippen molar-refractivity contribution in [3.8, 4) is 11.5 Å². The van der Waals surface area contributed by atoms with E-state index in [1.807, 2.05) is 24.4 Å². The Morgan fingerprint density at radius 1 is 1.37 bits per heavy atom. The first kappa shape index (κ1) is 12.3. The summed E-state index contributed by atoms with van der Waals surface area (Å²) in [5, 5.41) is 3.37. The van der Waals surface area contributed by atoms with Crippen LogP contribution in [0.2, 0.25) is 0 Å². The normalized spacial score (nSPS) is 12.5. The summed E-state index contributed by atoms with van der Waals surface area (Å²) in [6.45, 7) is 3.05. The topological polar surface area (TPSA) is 43.4 Å². The van der Waals surface area contributed by atoms with E-state index in [0.717, 1.165) is 27.2 Å². The smallest absolute Gasteiger partial charge is 0.231 e. The number of halogens is 1. The van der Waals surface area contributed by atoms with Crippen molar-refractivity contribution >= 4 is 21.6 Å². The average molecular weight is 321 g/mol. The molecule has 0 bridgehead atoms. The molecule has 5 heteroatoms. The van der Waals surface area contributed by atoms with E-state index in [1.165, 1.54) is 5.56 Å². The first-order valence-corrected chi connectivity index (χ1v) is 6.76. The van der Waals surface area contributed by atoms with E-state index in [-0.39, 0.29) is 6.79 Å². The zero-order chi connectivity index (χ0) is 13.2. The van der Waals surface area contributed by atoms with Gasteiger partial charge in [-0.2, -0.15) is 0 Å². The molecule has 1 aliphatic heterocycles. The SMILES string of the molecule is Cc1ccncc1NCc1cc(Br)c2c(c1)OCO2. The number of ether oxygens (including phenoxy) is 2. The molecule has 98 valence electrons. The number of benzene rings is 1. The van der Waals surface area contributed by atoms with Crippen molar-refractivity contribution in [2.75, 3.05) is 12.1 Å². The Kier molecular flexibility index (Phi) is 3.29. The molecule has 1 aliphatic rings. The Morgan fingerprint density at radius 3 is 3.11 bits per heavy atom. The molecule has 0 radical (unpaired) electrons. The quantitative estimate of drug-likeness (QED) is 0.940. The number of pyridine rings is 1. The Hall–Kier alpha value is -1.75. The summed E-state index contributed by atoms with van der Waals surface area (Å²) in [7, 11) is 0. The van der Waals surface area contributed by atoms with Gasteiger partial charge in [0, 0.05) is 12.7 Å². The van der Waals surface area contributed by atoms with Crippen molar-refractivity contribution in [3.63, 3.8) is 0 Å². The second-order valence-electron chi connectivity index (χ2n) is 4.36. The van der Waals surface area contributed by atoms with Gasteiger partial charge in [-0.3, -0.25) is 4.98 Å². The molecule has 19 heavy (non-hydrogen) atoms. The number of rotatable bonds is 3. The van der Waals surface area contributed by atoms with E-state index in [4.69, 9.17) is 9.47 Å². The standard InChI is InChI=1S/C14H13BrN2O2/c1-9-2-3-16-7-12(9)17-6-10-4-11(15)14-13(5-10)18-8-19-14/h2-5,7,17H,6,8H2,1H3. The summed E-state index contributed by atoms with van der Waals surface area (Å²) in [6.07, 6.45) is 3.62. The van der Waals surface area contributed by atoms with E-state index in [1.54, 1.807) is 6.20 Å². The Labute approximate surface area is 119 Å². The fraction of sp³-hybridized carbons (Fsp3) is 0.214. The van der Waals surface area contributed by atoms with E-state index < -0.39 is 0 Å². The molecule has 0 unspecified atom stereocenters. The fourth-order valence-electron chi connectivity index (χ4n) is 1.97. The lowest BCUT2D eigenvalue weighted by Crippen LogP contribution is -2.01. The molecule has 2 aromatic rings. The van der Waals surface area contributed by atoms with Gasteiger partial charge in [-0.05, 0) is 52.2 Å². The molecule has 0 spiro atoms. The fourth-order valence-corrected chi connectivity index (χ4v) is 2.57. The van der Waals surface area contributed by atoms with Gasteiger partial charge in [-0.15, -0.1) is 0 Å².